The van der Waals surface area contributed by atoms with E-state index in [2.05, 4.69) is 5.32 Å². The molecule has 2 saturated heterocycles. The molecule has 0 bridgehead atoms. The number of thiocarbonyl (C=S) groups is 1. The smallest absolute Gasteiger partial charge is 0.218 e. The van der Waals surface area contributed by atoms with Crippen LogP contribution in [0.1, 0.15) is 0 Å². The van der Waals surface area contributed by atoms with Gasteiger partial charge in [-0.05, 0) is 24.4 Å². The first-order valence-electron chi connectivity index (χ1n) is 6.75. The van der Waals surface area contributed by atoms with E-state index in [4.69, 9.17) is 21.7 Å². The Bertz CT molecular complexity index is 666. The summed E-state index contributed by atoms with van der Waals surface area (Å²) in [5.74, 6) is 1.89. The molecule has 2 N–H and O–H groups in total. The number of nitrogens with one attached hydrogen (secondary N) is 1. The van der Waals surface area contributed by atoms with Crippen molar-refractivity contribution in [1.82, 2.24) is 5.32 Å². The predicted molar refractivity (Wildman–Crippen MR) is 83.6 cm³/mol. The molecule has 21 heavy (non-hydrogen) atoms. The van der Waals surface area contributed by atoms with Crippen LogP contribution in [0.25, 0.3) is 0 Å². The molecule has 0 aromatic heterocycles. The van der Waals surface area contributed by atoms with Crippen molar-refractivity contribution in [3.63, 3.8) is 0 Å². The van der Waals surface area contributed by atoms with E-state index in [-0.39, 0.29) is 23.6 Å². The quantitative estimate of drug-likeness (QED) is 0.586. The van der Waals surface area contributed by atoms with Crippen LogP contribution in [0.15, 0.2) is 18.2 Å². The number of benzene rings is 1. The number of hydrogen-bond donors (Lipinski definition) is 2. The van der Waals surface area contributed by atoms with Crippen LogP contribution < -0.4 is 19.7 Å². The molecule has 3 aliphatic rings. The summed E-state index contributed by atoms with van der Waals surface area (Å²) >= 11 is 5.37. The van der Waals surface area contributed by atoms with Crippen molar-refractivity contribution < 1.29 is 18.2 Å². The molecule has 0 radical (unpaired) electrons. The van der Waals surface area contributed by atoms with Gasteiger partial charge in [0.05, 0.1) is 0 Å². The normalized spacial score (nSPS) is 33.8. The van der Waals surface area contributed by atoms with Crippen molar-refractivity contribution in [3.05, 3.63) is 18.2 Å². The van der Waals surface area contributed by atoms with E-state index < -0.39 is 10.2 Å². The average molecular weight is 327 g/mol. The molecule has 6 nitrogen and oxygen atoms in total. The maximum absolute atomic E-state index is 11.9. The van der Waals surface area contributed by atoms with Gasteiger partial charge in [-0.3, -0.25) is 0 Å². The Kier molecular flexibility index (Phi) is 2.88. The van der Waals surface area contributed by atoms with E-state index in [0.29, 0.717) is 24.1 Å². The summed E-state index contributed by atoms with van der Waals surface area (Å²) in [7, 11) is -2.76. The third kappa shape index (κ3) is 2.18. The standard InChI is InChI=1S/C13H14N2O4S2/c16-21(17)6-9-10(7-21)15(13(20)14-9)8-1-2-11-12(5-8)19-4-3-18-11/h1-2,5,9-10H,3-4,6-7H2,(H-,14,16,17,20)/p+1/t9-,10+/m0/s1. The fraction of sp³-hybridized carbons (Fsp3) is 0.462. The third-order valence-corrected chi connectivity index (χ3v) is 6.06. The van der Waals surface area contributed by atoms with Crippen molar-refractivity contribution in [2.45, 2.75) is 12.1 Å². The lowest BCUT2D eigenvalue weighted by molar-refractivity contribution is 0.171. The molecule has 8 heteroatoms. The van der Waals surface area contributed by atoms with Crippen LogP contribution in [0.2, 0.25) is 0 Å². The van der Waals surface area contributed by atoms with Gasteiger partial charge in [0.25, 0.3) is 0 Å². The van der Waals surface area contributed by atoms with E-state index in [1.165, 1.54) is 0 Å². The molecule has 1 aromatic rings. The van der Waals surface area contributed by atoms with Crippen LogP contribution in [-0.2, 0) is 14.4 Å². The topological polar surface area (TPSA) is 71.0 Å². The second kappa shape index (κ2) is 4.56. The summed E-state index contributed by atoms with van der Waals surface area (Å²) in [4.78, 5) is 1.92. The highest BCUT2D eigenvalue weighted by Crippen LogP contribution is 2.37. The van der Waals surface area contributed by atoms with E-state index in [1.807, 2.05) is 23.1 Å². The SMILES string of the molecule is O=[S+]1(O)C[C@@H]2NC(=S)N(c3ccc4c(c3)OCCO4)[C@@H]2C1. The molecule has 3 heterocycles. The lowest BCUT2D eigenvalue weighted by atomic mass is 10.1. The molecule has 1 unspecified atom stereocenters. The van der Waals surface area contributed by atoms with Crippen LogP contribution in [0.3, 0.4) is 0 Å². The molecule has 112 valence electrons. The molecule has 2 fully saturated rings. The Morgan fingerprint density at radius 1 is 1.29 bits per heavy atom. The minimum absolute atomic E-state index is 0.0665. The Morgan fingerprint density at radius 2 is 2.05 bits per heavy atom. The molecule has 0 amide bonds. The van der Waals surface area contributed by atoms with Crippen LogP contribution in [0, 0.1) is 0 Å². The fourth-order valence-electron chi connectivity index (χ4n) is 3.10. The average Bonchev–Trinajstić information content (AvgIpc) is 2.88. The van der Waals surface area contributed by atoms with Gasteiger partial charge >= 0.3 is 0 Å². The Hall–Kier alpha value is -1.38. The molecular formula is C13H15N2O4S2+. The minimum Gasteiger partial charge on any atom is -0.486 e. The highest BCUT2D eigenvalue weighted by atomic mass is 32.3. The summed E-state index contributed by atoms with van der Waals surface area (Å²) in [5.41, 5.74) is 0.862. The first-order chi connectivity index (χ1) is 10.0. The molecular weight excluding hydrogens is 312 g/mol. The van der Waals surface area contributed by atoms with Crippen molar-refractivity contribution in [2.24, 2.45) is 0 Å². The minimum atomic E-state index is -2.76. The van der Waals surface area contributed by atoms with Crippen molar-refractivity contribution >= 4 is 33.2 Å². The van der Waals surface area contributed by atoms with Crippen LogP contribution in [0.5, 0.6) is 11.5 Å². The molecule has 1 aromatic carbocycles. The third-order valence-electron chi connectivity index (χ3n) is 4.00. The fourth-order valence-corrected chi connectivity index (χ4v) is 5.41. The Labute approximate surface area is 128 Å². The van der Waals surface area contributed by atoms with Gasteiger partial charge in [0, 0.05) is 11.8 Å². The van der Waals surface area contributed by atoms with Gasteiger partial charge in [-0.1, -0.05) is 4.21 Å². The van der Waals surface area contributed by atoms with E-state index in [9.17, 15) is 8.76 Å². The maximum atomic E-state index is 11.9. The summed E-state index contributed by atoms with van der Waals surface area (Å²) in [5, 5.41) is 3.74. The second-order valence-corrected chi connectivity index (χ2v) is 8.03. The van der Waals surface area contributed by atoms with Gasteiger partial charge in [0.2, 0.25) is 10.2 Å². The zero-order valence-corrected chi connectivity index (χ0v) is 12.8. The van der Waals surface area contributed by atoms with E-state index in [1.54, 1.807) is 0 Å². The lowest BCUT2D eigenvalue weighted by Gasteiger charge is -2.25. The number of anilines is 1. The molecule has 3 aliphatic heterocycles. The first-order valence-corrected chi connectivity index (χ1v) is 9.01. The van der Waals surface area contributed by atoms with Gasteiger partial charge in [-0.15, -0.1) is 0 Å². The number of fused-ring (bicyclic) bond motifs is 2. The van der Waals surface area contributed by atoms with Gasteiger partial charge < -0.3 is 19.7 Å². The van der Waals surface area contributed by atoms with Crippen LogP contribution >= 0.6 is 12.2 Å². The van der Waals surface area contributed by atoms with Gasteiger partial charge in [-0.25, -0.2) is 0 Å². The maximum Gasteiger partial charge on any atom is 0.218 e. The number of hydrogen-bond acceptors (Lipinski definition) is 4. The van der Waals surface area contributed by atoms with E-state index >= 15 is 0 Å². The highest BCUT2D eigenvalue weighted by molar-refractivity contribution is 7.98. The summed E-state index contributed by atoms with van der Waals surface area (Å²) in [6.45, 7) is 1.07. The molecule has 0 spiro atoms. The number of nitrogens with zero attached hydrogens (tertiary/aromatic N) is 1. The lowest BCUT2D eigenvalue weighted by Crippen LogP contribution is -2.37. The monoisotopic (exact) mass is 327 g/mol. The first kappa shape index (κ1) is 13.3. The predicted octanol–water partition coefficient (Wildman–Crippen LogP) is 0.876. The molecule has 3 atom stereocenters. The van der Waals surface area contributed by atoms with Gasteiger partial charge in [-0.2, -0.15) is 4.55 Å². The van der Waals surface area contributed by atoms with Crippen molar-refractivity contribution in [1.29, 1.82) is 0 Å². The summed E-state index contributed by atoms with van der Waals surface area (Å²) < 4.78 is 32.8. The van der Waals surface area contributed by atoms with Crippen LogP contribution in [-0.4, -0.2) is 46.5 Å². The van der Waals surface area contributed by atoms with Crippen molar-refractivity contribution in [3.8, 4) is 11.5 Å². The summed E-state index contributed by atoms with van der Waals surface area (Å²) in [6.07, 6.45) is 0. The van der Waals surface area contributed by atoms with Gasteiger partial charge in [0.15, 0.2) is 28.1 Å². The number of rotatable bonds is 1. The molecule has 0 saturated carbocycles. The molecule has 4 rings (SSSR count). The molecule has 0 aliphatic carbocycles. The largest absolute Gasteiger partial charge is 0.486 e. The van der Waals surface area contributed by atoms with Gasteiger partial charge in [0.1, 0.15) is 25.3 Å². The number of ether oxygens (including phenoxy) is 2. The Balaban J connectivity index is 1.69. The Morgan fingerprint density at radius 3 is 2.86 bits per heavy atom. The van der Waals surface area contributed by atoms with Crippen LogP contribution in [0.4, 0.5) is 5.69 Å². The highest BCUT2D eigenvalue weighted by Gasteiger charge is 2.54. The zero-order chi connectivity index (χ0) is 14.6. The summed E-state index contributed by atoms with van der Waals surface area (Å²) in [6, 6.07) is 5.48. The van der Waals surface area contributed by atoms with Crippen molar-refractivity contribution in [2.75, 3.05) is 29.6 Å². The zero-order valence-electron chi connectivity index (χ0n) is 11.2. The second-order valence-electron chi connectivity index (χ2n) is 5.43. The van der Waals surface area contributed by atoms with E-state index in [0.717, 1.165) is 11.4 Å².